The van der Waals surface area contributed by atoms with Crippen LogP contribution in [-0.2, 0) is 16.1 Å². The molecule has 1 saturated carbocycles. The smallest absolute Gasteiger partial charge is 0.410 e. The zero-order valence-electron chi connectivity index (χ0n) is 10.8. The van der Waals surface area contributed by atoms with E-state index in [4.69, 9.17) is 9.47 Å². The molecule has 3 unspecified atom stereocenters. The molecule has 1 heterocycles. The fourth-order valence-electron chi connectivity index (χ4n) is 2.52. The lowest BCUT2D eigenvalue weighted by atomic mass is 10.2. The third-order valence-electron chi connectivity index (χ3n) is 3.71. The molecule has 3 rings (SSSR count). The highest BCUT2D eigenvalue weighted by molar-refractivity contribution is 9.10. The fraction of sp³-hybridized carbons (Fsp3) is 0.500. The summed E-state index contributed by atoms with van der Waals surface area (Å²) in [5, 5.41) is 0. The number of nitrogens with zero attached hydrogens (tertiary/aromatic N) is 1. The highest BCUT2D eigenvalue weighted by Crippen LogP contribution is 2.56. The Hall–Kier alpha value is -1.14. The van der Waals surface area contributed by atoms with E-state index in [9.17, 15) is 9.18 Å². The van der Waals surface area contributed by atoms with E-state index in [2.05, 4.69) is 15.9 Å². The molecule has 0 N–H and O–H groups in total. The van der Waals surface area contributed by atoms with Crippen molar-refractivity contribution in [2.24, 2.45) is 5.92 Å². The topological polar surface area (TPSA) is 38.8 Å². The van der Waals surface area contributed by atoms with Crippen LogP contribution in [0, 0.1) is 5.92 Å². The third-order valence-corrected chi connectivity index (χ3v) is 4.77. The molecular formula is C14H15BrFNO3. The highest BCUT2D eigenvalue weighted by Gasteiger charge is 2.69. The summed E-state index contributed by atoms with van der Waals surface area (Å²) in [5.41, 5.74) is 0.907. The van der Waals surface area contributed by atoms with Crippen LogP contribution in [0.2, 0.25) is 0 Å². The van der Waals surface area contributed by atoms with Gasteiger partial charge in [0.2, 0.25) is 0 Å². The molecule has 0 bridgehead atoms. The normalized spacial score (nSPS) is 32.2. The van der Waals surface area contributed by atoms with Crippen LogP contribution in [0.15, 0.2) is 30.3 Å². The van der Waals surface area contributed by atoms with Gasteiger partial charge < -0.3 is 9.47 Å². The van der Waals surface area contributed by atoms with Crippen molar-refractivity contribution in [1.29, 1.82) is 0 Å². The number of carbonyl (C=O) groups is 1. The average molecular weight is 344 g/mol. The van der Waals surface area contributed by atoms with Crippen molar-refractivity contribution >= 4 is 22.0 Å². The van der Waals surface area contributed by atoms with Gasteiger partial charge in [-0.05, 0) is 21.5 Å². The summed E-state index contributed by atoms with van der Waals surface area (Å²) in [4.78, 5) is 13.5. The Bertz CT molecular complexity index is 496. The van der Waals surface area contributed by atoms with Crippen molar-refractivity contribution in [2.45, 2.75) is 17.2 Å². The van der Waals surface area contributed by atoms with Crippen molar-refractivity contribution in [1.82, 2.24) is 4.90 Å². The van der Waals surface area contributed by atoms with E-state index in [0.717, 1.165) is 5.56 Å². The second-order valence-corrected chi connectivity index (χ2v) is 6.25. The lowest BCUT2D eigenvalue weighted by Gasteiger charge is -2.21. The van der Waals surface area contributed by atoms with Gasteiger partial charge in [0.05, 0.1) is 25.2 Å². The molecular weight excluding hydrogens is 329 g/mol. The van der Waals surface area contributed by atoms with Crippen molar-refractivity contribution < 1.29 is 18.7 Å². The molecule has 108 valence electrons. The molecule has 3 atom stereocenters. The first-order valence-electron chi connectivity index (χ1n) is 6.53. The highest BCUT2D eigenvalue weighted by atomic mass is 79.9. The van der Waals surface area contributed by atoms with Gasteiger partial charge in [0, 0.05) is 6.54 Å². The largest absolute Gasteiger partial charge is 0.445 e. The molecule has 2 fully saturated rings. The molecule has 1 aromatic rings. The maximum Gasteiger partial charge on any atom is 0.410 e. The summed E-state index contributed by atoms with van der Waals surface area (Å²) >= 11 is 3.02. The van der Waals surface area contributed by atoms with Crippen molar-refractivity contribution in [3.8, 4) is 0 Å². The summed E-state index contributed by atoms with van der Waals surface area (Å²) in [5.74, 6) is -0.311. The van der Waals surface area contributed by atoms with Crippen LogP contribution in [0.3, 0.4) is 0 Å². The van der Waals surface area contributed by atoms with Crippen LogP contribution >= 0.6 is 15.9 Å². The van der Waals surface area contributed by atoms with Gasteiger partial charge in [0.15, 0.2) is 4.58 Å². The van der Waals surface area contributed by atoms with Crippen LogP contribution in [-0.4, -0.2) is 41.4 Å². The van der Waals surface area contributed by atoms with Crippen molar-refractivity contribution in [2.75, 3.05) is 19.8 Å². The fourth-order valence-corrected chi connectivity index (χ4v) is 3.34. The number of hydrogen-bond acceptors (Lipinski definition) is 3. The minimum atomic E-state index is -1.54. The minimum absolute atomic E-state index is 0.190. The predicted molar refractivity (Wildman–Crippen MR) is 74.2 cm³/mol. The molecule has 6 heteroatoms. The molecule has 0 spiro atoms. The van der Waals surface area contributed by atoms with E-state index in [1.54, 1.807) is 0 Å². The summed E-state index contributed by atoms with van der Waals surface area (Å²) in [6.45, 7) is 1.29. The number of halogens is 2. The summed E-state index contributed by atoms with van der Waals surface area (Å²) < 4.78 is 23.1. The number of hydrogen-bond donors (Lipinski definition) is 0. The Kier molecular flexibility index (Phi) is 3.69. The Balaban J connectivity index is 1.62. The van der Waals surface area contributed by atoms with E-state index in [-0.39, 0.29) is 12.5 Å². The second kappa shape index (κ2) is 5.33. The summed E-state index contributed by atoms with van der Waals surface area (Å²) in [6, 6.07) is 8.92. The maximum absolute atomic E-state index is 14.1. The number of alkyl halides is 2. The number of carbonyl (C=O) groups excluding carboxylic acids is 1. The lowest BCUT2D eigenvalue weighted by molar-refractivity contribution is 0.0749. The summed E-state index contributed by atoms with van der Waals surface area (Å²) in [7, 11) is 0. The van der Waals surface area contributed by atoms with E-state index >= 15 is 0 Å². The molecule has 1 amide bonds. The van der Waals surface area contributed by atoms with E-state index in [1.807, 2.05) is 30.3 Å². The van der Waals surface area contributed by atoms with Crippen LogP contribution in [0.5, 0.6) is 0 Å². The maximum atomic E-state index is 14.1. The number of rotatable bonds is 2. The van der Waals surface area contributed by atoms with Gasteiger partial charge in [-0.25, -0.2) is 9.18 Å². The van der Waals surface area contributed by atoms with Gasteiger partial charge in [0.1, 0.15) is 6.61 Å². The van der Waals surface area contributed by atoms with Crippen LogP contribution < -0.4 is 0 Å². The molecule has 0 radical (unpaired) electrons. The van der Waals surface area contributed by atoms with Gasteiger partial charge >= 0.3 is 6.09 Å². The average Bonchev–Trinajstić information content (AvgIpc) is 3.07. The SMILES string of the molecule is O=C(OCc1ccccc1)N1CCOCC2C1C2(F)Br. The molecule has 1 aliphatic heterocycles. The molecule has 20 heavy (non-hydrogen) atoms. The van der Waals surface area contributed by atoms with E-state index in [0.29, 0.717) is 19.8 Å². The molecule has 0 aromatic heterocycles. The van der Waals surface area contributed by atoms with Gasteiger partial charge in [-0.2, -0.15) is 0 Å². The van der Waals surface area contributed by atoms with Crippen molar-refractivity contribution in [3.05, 3.63) is 35.9 Å². The Morgan fingerprint density at radius 2 is 2.25 bits per heavy atom. The zero-order valence-corrected chi connectivity index (χ0v) is 12.4. The molecule has 1 aromatic carbocycles. The van der Waals surface area contributed by atoms with E-state index < -0.39 is 16.7 Å². The first kappa shape index (κ1) is 13.8. The van der Waals surface area contributed by atoms with E-state index in [1.165, 1.54) is 4.90 Å². The van der Waals surface area contributed by atoms with Crippen LogP contribution in [0.4, 0.5) is 9.18 Å². The lowest BCUT2D eigenvalue weighted by Crippen LogP contribution is -2.38. The van der Waals surface area contributed by atoms with Crippen LogP contribution in [0.1, 0.15) is 5.56 Å². The Morgan fingerprint density at radius 3 is 3.00 bits per heavy atom. The molecule has 1 saturated heterocycles. The summed E-state index contributed by atoms with van der Waals surface area (Å²) in [6.07, 6.45) is -0.492. The first-order chi connectivity index (χ1) is 9.60. The Morgan fingerprint density at radius 1 is 1.50 bits per heavy atom. The van der Waals surface area contributed by atoms with Gasteiger partial charge in [0.25, 0.3) is 0 Å². The second-order valence-electron chi connectivity index (χ2n) is 5.03. The quantitative estimate of drug-likeness (QED) is 0.775. The first-order valence-corrected chi connectivity index (χ1v) is 7.33. The predicted octanol–water partition coefficient (Wildman–Crippen LogP) is 2.71. The molecule has 1 aliphatic carbocycles. The molecule has 4 nitrogen and oxygen atoms in total. The minimum Gasteiger partial charge on any atom is -0.445 e. The number of amides is 1. The van der Waals surface area contributed by atoms with Gasteiger partial charge in [-0.1, -0.05) is 30.3 Å². The zero-order chi connectivity index (χ0) is 14.2. The molecule has 2 aliphatic rings. The van der Waals surface area contributed by atoms with Crippen molar-refractivity contribution in [3.63, 3.8) is 0 Å². The third kappa shape index (κ3) is 2.54. The number of ether oxygens (including phenoxy) is 2. The van der Waals surface area contributed by atoms with Gasteiger partial charge in [-0.3, -0.25) is 4.90 Å². The van der Waals surface area contributed by atoms with Crippen LogP contribution in [0.25, 0.3) is 0 Å². The monoisotopic (exact) mass is 343 g/mol. The van der Waals surface area contributed by atoms with Gasteiger partial charge in [-0.15, -0.1) is 0 Å². The Labute approximate surface area is 125 Å². The number of benzene rings is 1. The number of fused-ring (bicyclic) bond motifs is 1. The standard InChI is InChI=1S/C14H15BrFNO3/c15-14(16)11-9-19-7-6-17(12(11)14)13(18)20-8-10-4-2-1-3-5-10/h1-5,11-12H,6-9H2.